The van der Waals surface area contributed by atoms with Crippen molar-refractivity contribution >= 4 is 34.8 Å². The van der Waals surface area contributed by atoms with Crippen LogP contribution in [0.15, 0.2) is 48.7 Å². The van der Waals surface area contributed by atoms with E-state index < -0.39 is 17.6 Å². The topological polar surface area (TPSA) is 85.2 Å². The maximum Gasteiger partial charge on any atom is 0.416 e. The van der Waals surface area contributed by atoms with Gasteiger partial charge in [-0.1, -0.05) is 17.7 Å². The number of alkyl halides is 3. The fourth-order valence-corrected chi connectivity index (χ4v) is 2.89. The van der Waals surface area contributed by atoms with Crippen molar-refractivity contribution in [2.45, 2.75) is 13.1 Å². The molecule has 2 aromatic carbocycles. The number of hydrogen-bond acceptors (Lipinski definition) is 4. The Morgan fingerprint density at radius 2 is 1.84 bits per heavy atom. The summed E-state index contributed by atoms with van der Waals surface area (Å²) in [5.41, 5.74) is -0.420. The van der Waals surface area contributed by atoms with Crippen LogP contribution in [0.4, 0.5) is 24.5 Å². The lowest BCUT2D eigenvalue weighted by Gasteiger charge is -2.11. The quantitative estimate of drug-likeness (QED) is 0.584. The Labute approximate surface area is 179 Å². The van der Waals surface area contributed by atoms with E-state index in [0.717, 1.165) is 16.8 Å². The molecule has 0 fully saturated rings. The number of rotatable bonds is 5. The smallest absolute Gasteiger partial charge is 0.416 e. The molecule has 3 aromatic rings. The van der Waals surface area contributed by atoms with E-state index in [1.807, 2.05) is 0 Å². The van der Waals surface area contributed by atoms with E-state index in [9.17, 15) is 22.8 Å². The zero-order valence-corrected chi connectivity index (χ0v) is 17.0. The van der Waals surface area contributed by atoms with Crippen molar-refractivity contribution in [3.63, 3.8) is 0 Å². The standard InChI is InChI=1S/C20H16ClF3N4O3/c1-11(29)25-15-7-6-13(21)9-16(15)26-19(30)18-17(31-2)10-28(27-18)14-5-3-4-12(8-14)20(22,23)24/h3-10H,1-2H3,(H,25,29)(H,26,30). The van der Waals surface area contributed by atoms with Crippen molar-refractivity contribution in [3.05, 3.63) is 64.9 Å². The minimum absolute atomic E-state index is 0.0398. The molecule has 162 valence electrons. The Kier molecular flexibility index (Phi) is 6.21. The van der Waals surface area contributed by atoms with E-state index in [1.165, 1.54) is 50.6 Å². The summed E-state index contributed by atoms with van der Waals surface area (Å²) in [7, 11) is 1.30. The average Bonchev–Trinajstić information content (AvgIpc) is 3.14. The number of carbonyl (C=O) groups excluding carboxylic acids is 2. The molecule has 0 radical (unpaired) electrons. The molecule has 0 bridgehead atoms. The van der Waals surface area contributed by atoms with E-state index in [0.29, 0.717) is 10.7 Å². The van der Waals surface area contributed by atoms with Crippen molar-refractivity contribution in [1.82, 2.24) is 9.78 Å². The molecule has 0 saturated heterocycles. The monoisotopic (exact) mass is 452 g/mol. The van der Waals surface area contributed by atoms with Crippen LogP contribution in [0.3, 0.4) is 0 Å². The van der Waals surface area contributed by atoms with Crippen LogP contribution in [0.25, 0.3) is 5.69 Å². The second-order valence-corrected chi connectivity index (χ2v) is 6.80. The SMILES string of the molecule is COc1cn(-c2cccc(C(F)(F)F)c2)nc1C(=O)Nc1cc(Cl)ccc1NC(C)=O. The van der Waals surface area contributed by atoms with Crippen molar-refractivity contribution in [1.29, 1.82) is 0 Å². The minimum atomic E-state index is -4.53. The molecule has 0 aliphatic rings. The van der Waals surface area contributed by atoms with Gasteiger partial charge in [0.25, 0.3) is 5.91 Å². The number of ether oxygens (including phenoxy) is 1. The molecular weight excluding hydrogens is 437 g/mol. The highest BCUT2D eigenvalue weighted by molar-refractivity contribution is 6.31. The Bertz CT molecular complexity index is 1140. The van der Waals surface area contributed by atoms with Crippen LogP contribution in [0.1, 0.15) is 23.0 Å². The van der Waals surface area contributed by atoms with Crippen LogP contribution < -0.4 is 15.4 Å². The molecule has 7 nitrogen and oxygen atoms in total. The van der Waals surface area contributed by atoms with Gasteiger partial charge in [0.2, 0.25) is 5.91 Å². The number of methoxy groups -OCH3 is 1. The molecule has 0 aliphatic heterocycles. The van der Waals surface area contributed by atoms with Crippen molar-refractivity contribution in [2.24, 2.45) is 0 Å². The first-order valence-corrected chi connectivity index (χ1v) is 9.16. The van der Waals surface area contributed by atoms with Crippen molar-refractivity contribution in [2.75, 3.05) is 17.7 Å². The predicted molar refractivity (Wildman–Crippen MR) is 109 cm³/mol. The molecule has 3 rings (SSSR count). The molecule has 1 aromatic heterocycles. The summed E-state index contributed by atoms with van der Waals surface area (Å²) in [4.78, 5) is 24.2. The van der Waals surface area contributed by atoms with Crippen LogP contribution in [0.2, 0.25) is 5.02 Å². The zero-order chi connectivity index (χ0) is 22.8. The predicted octanol–water partition coefficient (Wildman–Crippen LogP) is 4.76. The number of nitrogens with zero attached hydrogens (tertiary/aromatic N) is 2. The van der Waals surface area contributed by atoms with Gasteiger partial charge in [0.05, 0.1) is 35.9 Å². The Balaban J connectivity index is 1.95. The molecular formula is C20H16ClF3N4O3. The summed E-state index contributed by atoms with van der Waals surface area (Å²) in [6, 6.07) is 8.96. The first-order valence-electron chi connectivity index (χ1n) is 8.78. The lowest BCUT2D eigenvalue weighted by Crippen LogP contribution is -2.16. The van der Waals surface area contributed by atoms with Gasteiger partial charge in [0.1, 0.15) is 0 Å². The number of halogens is 4. The second-order valence-electron chi connectivity index (χ2n) is 6.36. The molecule has 0 spiro atoms. The number of nitrogens with one attached hydrogen (secondary N) is 2. The van der Waals surface area contributed by atoms with Gasteiger partial charge in [-0.3, -0.25) is 9.59 Å². The van der Waals surface area contributed by atoms with E-state index >= 15 is 0 Å². The summed E-state index contributed by atoms with van der Waals surface area (Å²) in [5, 5.41) is 9.52. The first-order chi connectivity index (χ1) is 14.6. The van der Waals surface area contributed by atoms with Crippen LogP contribution >= 0.6 is 11.6 Å². The van der Waals surface area contributed by atoms with Gasteiger partial charge in [-0.2, -0.15) is 18.3 Å². The Morgan fingerprint density at radius 3 is 2.48 bits per heavy atom. The number of carbonyl (C=O) groups is 2. The third-order valence-corrected chi connectivity index (χ3v) is 4.33. The Morgan fingerprint density at radius 1 is 1.10 bits per heavy atom. The molecule has 2 N–H and O–H groups in total. The summed E-state index contributed by atoms with van der Waals surface area (Å²) < 4.78 is 45.3. The van der Waals surface area contributed by atoms with E-state index in [-0.39, 0.29) is 28.7 Å². The van der Waals surface area contributed by atoms with Gasteiger partial charge in [0.15, 0.2) is 11.4 Å². The lowest BCUT2D eigenvalue weighted by molar-refractivity contribution is -0.137. The number of aromatic nitrogens is 2. The van der Waals surface area contributed by atoms with Crippen molar-refractivity contribution in [3.8, 4) is 11.4 Å². The minimum Gasteiger partial charge on any atom is -0.493 e. The summed E-state index contributed by atoms with van der Waals surface area (Å²) in [5.74, 6) is -1.03. The van der Waals surface area contributed by atoms with E-state index in [2.05, 4.69) is 15.7 Å². The molecule has 1 heterocycles. The number of hydrogen-bond donors (Lipinski definition) is 2. The first kappa shape index (κ1) is 22.2. The van der Waals surface area contributed by atoms with Gasteiger partial charge < -0.3 is 15.4 Å². The van der Waals surface area contributed by atoms with E-state index in [1.54, 1.807) is 0 Å². The summed E-state index contributed by atoms with van der Waals surface area (Å²) in [6.07, 6.45) is -3.24. The highest BCUT2D eigenvalue weighted by Gasteiger charge is 2.31. The maximum absolute atomic E-state index is 13.0. The maximum atomic E-state index is 13.0. The zero-order valence-electron chi connectivity index (χ0n) is 16.2. The molecule has 0 saturated carbocycles. The van der Waals surface area contributed by atoms with Gasteiger partial charge >= 0.3 is 6.18 Å². The van der Waals surface area contributed by atoms with Gasteiger partial charge in [-0.05, 0) is 36.4 Å². The van der Waals surface area contributed by atoms with Crippen LogP contribution in [0, 0.1) is 0 Å². The average molecular weight is 453 g/mol. The Hall–Kier alpha value is -3.53. The van der Waals surface area contributed by atoms with Crippen LogP contribution in [-0.4, -0.2) is 28.7 Å². The molecule has 0 unspecified atom stereocenters. The molecule has 0 aliphatic carbocycles. The third-order valence-electron chi connectivity index (χ3n) is 4.09. The molecule has 0 atom stereocenters. The summed E-state index contributed by atoms with van der Waals surface area (Å²) in [6.45, 7) is 1.31. The van der Waals surface area contributed by atoms with E-state index in [4.69, 9.17) is 16.3 Å². The lowest BCUT2D eigenvalue weighted by atomic mass is 10.2. The van der Waals surface area contributed by atoms with Crippen LogP contribution in [0.5, 0.6) is 5.75 Å². The largest absolute Gasteiger partial charge is 0.493 e. The van der Waals surface area contributed by atoms with Gasteiger partial charge in [-0.15, -0.1) is 0 Å². The second kappa shape index (κ2) is 8.68. The number of anilines is 2. The summed E-state index contributed by atoms with van der Waals surface area (Å²) >= 11 is 5.98. The normalized spacial score (nSPS) is 11.2. The molecule has 2 amide bonds. The highest BCUT2D eigenvalue weighted by atomic mass is 35.5. The van der Waals surface area contributed by atoms with Gasteiger partial charge in [-0.25, -0.2) is 4.68 Å². The fraction of sp³-hybridized carbons (Fsp3) is 0.150. The number of benzene rings is 2. The molecule has 31 heavy (non-hydrogen) atoms. The van der Waals surface area contributed by atoms with Crippen molar-refractivity contribution < 1.29 is 27.5 Å². The van der Waals surface area contributed by atoms with Crippen LogP contribution in [-0.2, 0) is 11.0 Å². The third kappa shape index (κ3) is 5.15. The highest BCUT2D eigenvalue weighted by Crippen LogP contribution is 2.31. The van der Waals surface area contributed by atoms with Gasteiger partial charge in [0, 0.05) is 11.9 Å². The number of amides is 2. The molecule has 11 heteroatoms. The fourth-order valence-electron chi connectivity index (χ4n) is 2.72.